The molecule has 0 unspecified atom stereocenters. The van der Waals surface area contributed by atoms with Gasteiger partial charge < -0.3 is 9.64 Å². The van der Waals surface area contributed by atoms with E-state index in [-0.39, 0.29) is 4.90 Å². The topological polar surface area (TPSA) is 58.6 Å². The van der Waals surface area contributed by atoms with Crippen LogP contribution >= 0.6 is 23.2 Å². The second-order valence-electron chi connectivity index (χ2n) is 7.73. The zero-order valence-electron chi connectivity index (χ0n) is 17.6. The lowest BCUT2D eigenvalue weighted by molar-refractivity contribution is 0.0819. The molecule has 0 radical (unpaired) electrons. The molecule has 1 N–H and O–H groups in total. The van der Waals surface area contributed by atoms with E-state index in [1.807, 2.05) is 18.2 Å². The van der Waals surface area contributed by atoms with Crippen molar-refractivity contribution in [3.63, 3.8) is 0 Å². The van der Waals surface area contributed by atoms with Crippen molar-refractivity contribution in [2.45, 2.75) is 23.8 Å². The van der Waals surface area contributed by atoms with Gasteiger partial charge in [0.1, 0.15) is 0 Å². The van der Waals surface area contributed by atoms with Crippen molar-refractivity contribution in [3.8, 4) is 11.1 Å². The quantitative estimate of drug-likeness (QED) is 0.454. The highest BCUT2D eigenvalue weighted by Crippen LogP contribution is 2.29. The number of hydrogen-bond acceptors (Lipinski definition) is 4. The predicted octanol–water partition coefficient (Wildman–Crippen LogP) is 6.08. The monoisotopic (exact) mass is 490 g/mol. The molecule has 4 rings (SSSR count). The summed E-state index contributed by atoms with van der Waals surface area (Å²) < 4.78 is 33.7. The van der Waals surface area contributed by atoms with Crippen LogP contribution in [0.25, 0.3) is 11.1 Å². The van der Waals surface area contributed by atoms with Gasteiger partial charge in [-0.2, -0.15) is 0 Å². The standard InChI is InChI=1S/C24H24Cl2N2O3S/c1-31-21-12-14-28(15-13-21)20-7-5-19(6-8-20)27-32(29,30)22-9-2-17(3-10-22)18-4-11-23(25)24(26)16-18/h2-11,16,21,27H,12-15H2,1H3. The third-order valence-corrected chi connectivity index (χ3v) is 7.81. The predicted molar refractivity (Wildman–Crippen MR) is 131 cm³/mol. The summed E-state index contributed by atoms with van der Waals surface area (Å²) in [6.45, 7) is 1.85. The lowest BCUT2D eigenvalue weighted by Gasteiger charge is -2.33. The molecule has 1 fully saturated rings. The molecule has 32 heavy (non-hydrogen) atoms. The Morgan fingerprint density at radius 1 is 0.875 bits per heavy atom. The van der Waals surface area contributed by atoms with Gasteiger partial charge in [0.15, 0.2) is 0 Å². The van der Waals surface area contributed by atoms with Crippen LogP contribution < -0.4 is 9.62 Å². The first-order valence-electron chi connectivity index (χ1n) is 10.3. The molecule has 1 heterocycles. The van der Waals surface area contributed by atoms with Crippen LogP contribution in [0.2, 0.25) is 10.0 Å². The Labute approximate surface area is 199 Å². The van der Waals surface area contributed by atoms with Crippen molar-refractivity contribution in [2.24, 2.45) is 0 Å². The summed E-state index contributed by atoms with van der Waals surface area (Å²) in [5.74, 6) is 0. The van der Waals surface area contributed by atoms with E-state index in [0.717, 1.165) is 42.7 Å². The van der Waals surface area contributed by atoms with Gasteiger partial charge in [-0.25, -0.2) is 8.42 Å². The molecule has 3 aromatic rings. The van der Waals surface area contributed by atoms with E-state index in [1.165, 1.54) is 0 Å². The van der Waals surface area contributed by atoms with Gasteiger partial charge in [-0.15, -0.1) is 0 Å². The minimum Gasteiger partial charge on any atom is -0.381 e. The summed E-state index contributed by atoms with van der Waals surface area (Å²) in [5.41, 5.74) is 3.31. The molecule has 1 aliphatic rings. The van der Waals surface area contributed by atoms with E-state index in [9.17, 15) is 8.42 Å². The number of anilines is 2. The van der Waals surface area contributed by atoms with Crippen LogP contribution in [0, 0.1) is 0 Å². The van der Waals surface area contributed by atoms with Gasteiger partial charge in [0, 0.05) is 31.6 Å². The Bertz CT molecular complexity index is 1170. The third kappa shape index (κ3) is 5.21. The van der Waals surface area contributed by atoms with Gasteiger partial charge in [0.05, 0.1) is 21.0 Å². The lowest BCUT2D eigenvalue weighted by Crippen LogP contribution is -2.36. The number of benzene rings is 3. The molecule has 0 atom stereocenters. The van der Waals surface area contributed by atoms with Crippen molar-refractivity contribution in [1.29, 1.82) is 0 Å². The molecule has 0 aliphatic carbocycles. The third-order valence-electron chi connectivity index (χ3n) is 5.68. The molecule has 168 valence electrons. The molecule has 1 saturated heterocycles. The largest absolute Gasteiger partial charge is 0.381 e. The van der Waals surface area contributed by atoms with E-state index in [0.29, 0.717) is 21.8 Å². The first kappa shape index (κ1) is 22.9. The zero-order valence-corrected chi connectivity index (χ0v) is 19.9. The number of nitrogens with zero attached hydrogens (tertiary/aromatic N) is 1. The molecule has 0 bridgehead atoms. The molecular formula is C24H24Cl2N2O3S. The van der Waals surface area contributed by atoms with Gasteiger partial charge in [-0.1, -0.05) is 41.4 Å². The second-order valence-corrected chi connectivity index (χ2v) is 10.2. The normalized spacial score (nSPS) is 15.0. The molecule has 1 aliphatic heterocycles. The Balaban J connectivity index is 1.44. The fourth-order valence-corrected chi connectivity index (χ4v) is 5.16. The number of sulfonamides is 1. The van der Waals surface area contributed by atoms with Gasteiger partial charge >= 0.3 is 0 Å². The van der Waals surface area contributed by atoms with E-state index in [2.05, 4.69) is 9.62 Å². The van der Waals surface area contributed by atoms with Crippen molar-refractivity contribution in [2.75, 3.05) is 29.8 Å². The molecular weight excluding hydrogens is 467 g/mol. The van der Waals surface area contributed by atoms with Crippen molar-refractivity contribution >= 4 is 44.6 Å². The molecule has 0 aromatic heterocycles. The highest BCUT2D eigenvalue weighted by molar-refractivity contribution is 7.92. The average Bonchev–Trinajstić information content (AvgIpc) is 2.81. The van der Waals surface area contributed by atoms with Crippen molar-refractivity contribution in [3.05, 3.63) is 76.8 Å². The smallest absolute Gasteiger partial charge is 0.261 e. The van der Waals surface area contributed by atoms with Crippen LogP contribution in [0.15, 0.2) is 71.6 Å². The minimum absolute atomic E-state index is 0.187. The van der Waals surface area contributed by atoms with Crippen molar-refractivity contribution < 1.29 is 13.2 Å². The highest BCUT2D eigenvalue weighted by Gasteiger charge is 2.19. The maximum Gasteiger partial charge on any atom is 0.261 e. The number of halogens is 2. The molecule has 0 spiro atoms. The number of methoxy groups -OCH3 is 1. The van der Waals surface area contributed by atoms with Gasteiger partial charge in [-0.3, -0.25) is 4.72 Å². The van der Waals surface area contributed by atoms with Crippen LogP contribution in [-0.4, -0.2) is 34.7 Å². The second kappa shape index (κ2) is 9.71. The number of hydrogen-bond donors (Lipinski definition) is 1. The van der Waals surface area contributed by atoms with E-state index >= 15 is 0 Å². The van der Waals surface area contributed by atoms with E-state index in [4.69, 9.17) is 27.9 Å². The summed E-state index contributed by atoms with van der Waals surface area (Å²) in [7, 11) is -1.95. The number of rotatable bonds is 6. The zero-order chi connectivity index (χ0) is 22.7. The molecule has 5 nitrogen and oxygen atoms in total. The fourth-order valence-electron chi connectivity index (χ4n) is 3.81. The Morgan fingerprint density at radius 2 is 1.50 bits per heavy atom. The van der Waals surface area contributed by atoms with Crippen LogP contribution in [-0.2, 0) is 14.8 Å². The summed E-state index contributed by atoms with van der Waals surface area (Å²) >= 11 is 12.1. The number of piperidine rings is 1. The fraction of sp³-hybridized carbons (Fsp3) is 0.250. The minimum atomic E-state index is -3.70. The van der Waals surface area contributed by atoms with E-state index < -0.39 is 10.0 Å². The highest BCUT2D eigenvalue weighted by atomic mass is 35.5. The number of ether oxygens (including phenoxy) is 1. The summed E-state index contributed by atoms with van der Waals surface area (Å²) in [6, 6.07) is 19.4. The molecule has 8 heteroatoms. The molecule has 0 saturated carbocycles. The first-order chi connectivity index (χ1) is 15.4. The molecule has 3 aromatic carbocycles. The van der Waals surface area contributed by atoms with Crippen LogP contribution in [0.1, 0.15) is 12.8 Å². The number of nitrogens with one attached hydrogen (secondary N) is 1. The van der Waals surface area contributed by atoms with Crippen LogP contribution in [0.5, 0.6) is 0 Å². The first-order valence-corrected chi connectivity index (χ1v) is 12.6. The molecule has 0 amide bonds. The Hall–Kier alpha value is -2.25. The maximum atomic E-state index is 12.8. The average molecular weight is 491 g/mol. The Kier molecular flexibility index (Phi) is 6.96. The van der Waals surface area contributed by atoms with Gasteiger partial charge in [-0.05, 0) is 72.5 Å². The van der Waals surface area contributed by atoms with Gasteiger partial charge in [0.25, 0.3) is 10.0 Å². The lowest BCUT2D eigenvalue weighted by atomic mass is 10.1. The SMILES string of the molecule is COC1CCN(c2ccc(NS(=O)(=O)c3ccc(-c4ccc(Cl)c(Cl)c4)cc3)cc2)CC1. The summed E-state index contributed by atoms with van der Waals surface area (Å²) in [4.78, 5) is 2.47. The Morgan fingerprint density at radius 3 is 2.09 bits per heavy atom. The van der Waals surface area contributed by atoms with Crippen LogP contribution in [0.4, 0.5) is 11.4 Å². The van der Waals surface area contributed by atoms with E-state index in [1.54, 1.807) is 55.6 Å². The van der Waals surface area contributed by atoms with Crippen molar-refractivity contribution in [1.82, 2.24) is 0 Å². The van der Waals surface area contributed by atoms with Gasteiger partial charge in [0.2, 0.25) is 0 Å². The van der Waals surface area contributed by atoms with Crippen LogP contribution in [0.3, 0.4) is 0 Å². The maximum absolute atomic E-state index is 12.8. The summed E-state index contributed by atoms with van der Waals surface area (Å²) in [6.07, 6.45) is 2.30. The summed E-state index contributed by atoms with van der Waals surface area (Å²) in [5, 5.41) is 0.929.